The summed E-state index contributed by atoms with van der Waals surface area (Å²) in [7, 11) is 4.42. The van der Waals surface area contributed by atoms with E-state index in [2.05, 4.69) is 15.4 Å². The molecule has 0 unspecified atom stereocenters. The molecular formula is C31H33N5O5S. The largest absolute Gasteiger partial charge is 0.495 e. The van der Waals surface area contributed by atoms with Crippen molar-refractivity contribution in [1.82, 2.24) is 4.90 Å². The van der Waals surface area contributed by atoms with E-state index in [1.807, 2.05) is 37.2 Å². The van der Waals surface area contributed by atoms with Crippen LogP contribution in [0.1, 0.15) is 10.4 Å². The minimum Gasteiger partial charge on any atom is -0.495 e. The van der Waals surface area contributed by atoms with Crippen molar-refractivity contribution < 1.29 is 22.7 Å². The van der Waals surface area contributed by atoms with Gasteiger partial charge < -0.3 is 25.2 Å². The highest BCUT2D eigenvalue weighted by Gasteiger charge is 2.21. The first-order valence-corrected chi connectivity index (χ1v) is 14.4. The Hall–Kier alpha value is -5.03. The van der Waals surface area contributed by atoms with Gasteiger partial charge in [-0.25, -0.2) is 13.2 Å². The van der Waals surface area contributed by atoms with Crippen molar-refractivity contribution in [3.8, 4) is 16.9 Å². The van der Waals surface area contributed by atoms with Crippen LogP contribution in [0.15, 0.2) is 95.9 Å². The predicted molar refractivity (Wildman–Crippen MR) is 167 cm³/mol. The molecule has 10 nitrogen and oxygen atoms in total. The molecule has 0 radical (unpaired) electrons. The first kappa shape index (κ1) is 29.9. The SMILES string of the molecule is COc1ccc(-c2cccc(C(=O)N(C)C)c2)cc1S(=O)(=O)Nc1cccc(NC(=O)Nc2cccc(N(C)C)c2)c1. The second-order valence-corrected chi connectivity index (χ2v) is 11.5. The van der Waals surface area contributed by atoms with Gasteiger partial charge in [0.2, 0.25) is 0 Å². The van der Waals surface area contributed by atoms with Crippen LogP contribution in [0.3, 0.4) is 0 Å². The number of carbonyl (C=O) groups is 2. The summed E-state index contributed by atoms with van der Waals surface area (Å²) < 4.78 is 35.0. The lowest BCUT2D eigenvalue weighted by molar-refractivity contribution is 0.0827. The maximum atomic E-state index is 13.5. The number of ether oxygens (including phenoxy) is 1. The molecule has 0 aliphatic rings. The molecule has 0 spiro atoms. The standard InChI is InChI=1S/C31H33N5O5S/c1-35(2)27-14-8-12-25(20-27)33-31(38)32-24-11-7-13-26(19-24)34-42(39,40)29-18-22(15-16-28(29)41-5)21-9-6-10-23(17-21)30(37)36(3)4/h6-20,34H,1-5H3,(H2,32,33,38). The Morgan fingerprint density at radius 3 is 2.00 bits per heavy atom. The van der Waals surface area contributed by atoms with Crippen molar-refractivity contribution in [2.75, 3.05) is 55.6 Å². The maximum absolute atomic E-state index is 13.5. The number of urea groups is 1. The molecule has 0 bridgehead atoms. The summed E-state index contributed by atoms with van der Waals surface area (Å²) in [5.74, 6) is -0.00971. The number of benzene rings is 4. The van der Waals surface area contributed by atoms with Gasteiger partial charge in [-0.2, -0.15) is 0 Å². The Bertz CT molecular complexity index is 1720. The van der Waals surface area contributed by atoms with Crippen LogP contribution in [-0.4, -0.2) is 60.6 Å². The molecular weight excluding hydrogens is 554 g/mol. The average molecular weight is 588 g/mol. The second-order valence-electron chi connectivity index (χ2n) is 9.86. The zero-order valence-corrected chi connectivity index (χ0v) is 24.8. The summed E-state index contributed by atoms with van der Waals surface area (Å²) in [5.41, 5.74) is 3.92. The van der Waals surface area contributed by atoms with Gasteiger partial charge in [0.15, 0.2) is 0 Å². The molecule has 4 rings (SSSR count). The number of nitrogens with zero attached hydrogens (tertiary/aromatic N) is 2. The first-order chi connectivity index (χ1) is 20.0. The Morgan fingerprint density at radius 1 is 0.714 bits per heavy atom. The van der Waals surface area contributed by atoms with Crippen molar-refractivity contribution in [1.29, 1.82) is 0 Å². The number of carbonyl (C=O) groups excluding carboxylic acids is 2. The van der Waals surface area contributed by atoms with E-state index in [-0.39, 0.29) is 22.2 Å². The van der Waals surface area contributed by atoms with Crippen LogP contribution in [0.4, 0.5) is 27.5 Å². The van der Waals surface area contributed by atoms with E-state index < -0.39 is 16.1 Å². The highest BCUT2D eigenvalue weighted by molar-refractivity contribution is 7.92. The highest BCUT2D eigenvalue weighted by Crippen LogP contribution is 2.32. The Labute approximate surface area is 246 Å². The molecule has 0 fully saturated rings. The zero-order chi connectivity index (χ0) is 30.4. The van der Waals surface area contributed by atoms with E-state index in [0.29, 0.717) is 28.1 Å². The third-order valence-corrected chi connectivity index (χ3v) is 7.70. The summed E-state index contributed by atoms with van der Waals surface area (Å²) in [6.45, 7) is 0. The fraction of sp³-hybridized carbons (Fsp3) is 0.161. The van der Waals surface area contributed by atoms with E-state index in [1.165, 1.54) is 24.1 Å². The number of anilines is 4. The number of sulfonamides is 1. The van der Waals surface area contributed by atoms with E-state index >= 15 is 0 Å². The molecule has 4 aromatic carbocycles. The molecule has 4 aromatic rings. The minimum absolute atomic E-state index is 0.0799. The average Bonchev–Trinajstić information content (AvgIpc) is 2.96. The van der Waals surface area contributed by atoms with Gasteiger partial charge >= 0.3 is 6.03 Å². The quantitative estimate of drug-likeness (QED) is 0.235. The Balaban J connectivity index is 1.55. The molecule has 11 heteroatoms. The van der Waals surface area contributed by atoms with E-state index in [4.69, 9.17) is 4.74 Å². The fourth-order valence-electron chi connectivity index (χ4n) is 4.18. The summed E-state index contributed by atoms with van der Waals surface area (Å²) in [6.07, 6.45) is 0. The number of hydrogen-bond acceptors (Lipinski definition) is 6. The smallest absolute Gasteiger partial charge is 0.323 e. The van der Waals surface area contributed by atoms with Crippen molar-refractivity contribution in [3.05, 3.63) is 96.6 Å². The Kier molecular flexibility index (Phi) is 9.02. The van der Waals surface area contributed by atoms with Crippen molar-refractivity contribution in [3.63, 3.8) is 0 Å². The monoisotopic (exact) mass is 587 g/mol. The second kappa shape index (κ2) is 12.6. The van der Waals surface area contributed by atoms with Gasteiger partial charge in [-0.3, -0.25) is 9.52 Å². The lowest BCUT2D eigenvalue weighted by Crippen LogP contribution is -2.21. The number of hydrogen-bond donors (Lipinski definition) is 3. The van der Waals surface area contributed by atoms with E-state index in [1.54, 1.807) is 74.8 Å². The van der Waals surface area contributed by atoms with E-state index in [9.17, 15) is 18.0 Å². The van der Waals surface area contributed by atoms with Crippen molar-refractivity contribution in [2.45, 2.75) is 4.90 Å². The molecule has 218 valence electrons. The summed E-state index contributed by atoms with van der Waals surface area (Å²) in [4.78, 5) is 28.4. The minimum atomic E-state index is -4.12. The molecule has 3 amide bonds. The lowest BCUT2D eigenvalue weighted by Gasteiger charge is -2.15. The normalized spacial score (nSPS) is 10.9. The molecule has 42 heavy (non-hydrogen) atoms. The van der Waals surface area contributed by atoms with Crippen LogP contribution in [-0.2, 0) is 10.0 Å². The molecule has 0 aliphatic heterocycles. The molecule has 0 atom stereocenters. The molecule has 0 aliphatic carbocycles. The van der Waals surface area contributed by atoms with E-state index in [0.717, 1.165) is 5.69 Å². The molecule has 0 saturated carbocycles. The van der Waals surface area contributed by atoms with Gasteiger partial charge in [0, 0.05) is 50.8 Å². The van der Waals surface area contributed by atoms with Crippen LogP contribution in [0.25, 0.3) is 11.1 Å². The van der Waals surface area contributed by atoms with Crippen molar-refractivity contribution >= 4 is 44.7 Å². The van der Waals surface area contributed by atoms with Crippen LogP contribution >= 0.6 is 0 Å². The first-order valence-electron chi connectivity index (χ1n) is 13.0. The lowest BCUT2D eigenvalue weighted by atomic mass is 10.0. The maximum Gasteiger partial charge on any atom is 0.323 e. The van der Waals surface area contributed by atoms with Crippen LogP contribution in [0.5, 0.6) is 5.75 Å². The van der Waals surface area contributed by atoms with Gasteiger partial charge in [0.05, 0.1) is 12.8 Å². The molecule has 0 heterocycles. The van der Waals surface area contributed by atoms with Gasteiger partial charge in [0.1, 0.15) is 10.6 Å². The zero-order valence-electron chi connectivity index (χ0n) is 24.0. The van der Waals surface area contributed by atoms with Gasteiger partial charge in [-0.05, 0) is 71.8 Å². The third-order valence-electron chi connectivity index (χ3n) is 6.30. The predicted octanol–water partition coefficient (Wildman–Crippen LogP) is 5.57. The van der Waals surface area contributed by atoms with Crippen LogP contribution in [0.2, 0.25) is 0 Å². The number of methoxy groups -OCH3 is 1. The molecule has 3 N–H and O–H groups in total. The van der Waals surface area contributed by atoms with Gasteiger partial charge in [-0.15, -0.1) is 0 Å². The van der Waals surface area contributed by atoms with Gasteiger partial charge in [-0.1, -0.05) is 30.3 Å². The number of nitrogens with one attached hydrogen (secondary N) is 3. The molecule has 0 saturated heterocycles. The topological polar surface area (TPSA) is 120 Å². The summed E-state index contributed by atoms with van der Waals surface area (Å²) >= 11 is 0. The highest BCUT2D eigenvalue weighted by atomic mass is 32.2. The summed E-state index contributed by atoms with van der Waals surface area (Å²) in [5, 5.41) is 5.50. The van der Waals surface area contributed by atoms with Gasteiger partial charge in [0.25, 0.3) is 15.9 Å². The molecule has 0 aromatic heterocycles. The number of rotatable bonds is 9. The van der Waals surface area contributed by atoms with Crippen LogP contribution in [0, 0.1) is 0 Å². The third kappa shape index (κ3) is 7.18. The van der Waals surface area contributed by atoms with Crippen LogP contribution < -0.4 is 25.0 Å². The Morgan fingerprint density at radius 2 is 1.33 bits per heavy atom. The summed E-state index contributed by atoms with van der Waals surface area (Å²) in [6, 6.07) is 25.0. The fourth-order valence-corrected chi connectivity index (χ4v) is 5.43. The number of amides is 3. The van der Waals surface area contributed by atoms with Crippen molar-refractivity contribution in [2.24, 2.45) is 0 Å².